The Morgan fingerprint density at radius 1 is 0.607 bits per heavy atom. The summed E-state index contributed by atoms with van der Waals surface area (Å²) in [6, 6.07) is 25.0. The van der Waals surface area contributed by atoms with Crippen LogP contribution in [0.3, 0.4) is 0 Å². The summed E-state index contributed by atoms with van der Waals surface area (Å²) in [5, 5.41) is 0. The Morgan fingerprint density at radius 2 is 1.12 bits per heavy atom. The molecule has 4 aromatic rings. The fraction of sp³-hybridized carbons (Fsp3) is 0.227. The molecule has 0 aliphatic heterocycles. The van der Waals surface area contributed by atoms with Gasteiger partial charge in [-0.2, -0.15) is 0 Å². The van der Waals surface area contributed by atoms with Gasteiger partial charge in [-0.1, -0.05) is 19.2 Å². The van der Waals surface area contributed by atoms with E-state index in [-0.39, 0.29) is 24.4 Å². The molecule has 12 heteroatoms. The lowest BCUT2D eigenvalue weighted by Crippen LogP contribution is -2.10. The van der Waals surface area contributed by atoms with E-state index in [0.717, 1.165) is 12.2 Å². The molecule has 0 spiro atoms. The molecule has 0 atom stereocenters. The van der Waals surface area contributed by atoms with Crippen LogP contribution in [-0.4, -0.2) is 69.4 Å². The third-order valence-electron chi connectivity index (χ3n) is 8.01. The van der Waals surface area contributed by atoms with E-state index in [9.17, 15) is 24.0 Å². The van der Waals surface area contributed by atoms with Crippen LogP contribution in [0.1, 0.15) is 67.9 Å². The van der Waals surface area contributed by atoms with Crippen LogP contribution in [0.25, 0.3) is 0 Å². The van der Waals surface area contributed by atoms with Gasteiger partial charge in [-0.05, 0) is 122 Å². The van der Waals surface area contributed by atoms with Crippen LogP contribution in [0, 0.1) is 0 Å². The van der Waals surface area contributed by atoms with Crippen molar-refractivity contribution >= 4 is 41.6 Å². The second kappa shape index (κ2) is 22.4. The molecule has 0 unspecified atom stereocenters. The zero-order chi connectivity index (χ0) is 40.1. The fourth-order valence-corrected chi connectivity index (χ4v) is 4.99. The molecule has 0 saturated carbocycles. The van der Waals surface area contributed by atoms with Gasteiger partial charge in [0, 0.05) is 30.4 Å². The SMILES string of the molecule is C=CC(=O)OCCCCOc1ccc(C(=O)Cc2ccc(N=Cc3ccc(OC(=O)c4ccc(OCCCCOC(=O)C=C)cc4)cc3)cc2C(=O)OC)cc1. The minimum Gasteiger partial charge on any atom is -0.494 e. The first-order chi connectivity index (χ1) is 27.2. The van der Waals surface area contributed by atoms with Crippen molar-refractivity contribution in [1.82, 2.24) is 0 Å². The highest BCUT2D eigenvalue weighted by atomic mass is 16.5. The molecule has 4 aromatic carbocycles. The number of Topliss-reactive ketones (excluding diaryl/α,β-unsaturated/α-hetero) is 1. The molecule has 56 heavy (non-hydrogen) atoms. The van der Waals surface area contributed by atoms with E-state index < -0.39 is 23.9 Å². The summed E-state index contributed by atoms with van der Waals surface area (Å²) >= 11 is 0. The molecule has 0 amide bonds. The number of nitrogens with zero attached hydrogens (tertiary/aromatic N) is 1. The van der Waals surface area contributed by atoms with E-state index in [1.165, 1.54) is 7.11 Å². The second-order valence-corrected chi connectivity index (χ2v) is 12.1. The van der Waals surface area contributed by atoms with Gasteiger partial charge in [0.15, 0.2) is 5.78 Å². The van der Waals surface area contributed by atoms with E-state index in [2.05, 4.69) is 18.2 Å². The van der Waals surface area contributed by atoms with Crippen molar-refractivity contribution in [3.05, 3.63) is 144 Å². The maximum atomic E-state index is 13.1. The molecule has 0 aliphatic carbocycles. The summed E-state index contributed by atoms with van der Waals surface area (Å²) < 4.78 is 31.7. The first kappa shape index (κ1) is 41.9. The summed E-state index contributed by atoms with van der Waals surface area (Å²) in [5.41, 5.74) is 2.71. The van der Waals surface area contributed by atoms with Crippen molar-refractivity contribution in [1.29, 1.82) is 0 Å². The highest BCUT2D eigenvalue weighted by Crippen LogP contribution is 2.23. The van der Waals surface area contributed by atoms with E-state index in [4.69, 9.17) is 28.4 Å². The average Bonchev–Trinajstić information content (AvgIpc) is 3.23. The van der Waals surface area contributed by atoms with Gasteiger partial charge in [0.25, 0.3) is 0 Å². The molecule has 0 saturated heterocycles. The lowest BCUT2D eigenvalue weighted by Gasteiger charge is -2.10. The smallest absolute Gasteiger partial charge is 0.343 e. The zero-order valence-corrected chi connectivity index (χ0v) is 31.1. The van der Waals surface area contributed by atoms with Gasteiger partial charge < -0.3 is 28.4 Å². The molecule has 0 radical (unpaired) electrons. The van der Waals surface area contributed by atoms with E-state index >= 15 is 0 Å². The Morgan fingerprint density at radius 3 is 1.66 bits per heavy atom. The van der Waals surface area contributed by atoms with Crippen molar-refractivity contribution in [2.75, 3.05) is 33.5 Å². The number of unbranched alkanes of at least 4 members (excludes halogenated alkanes) is 2. The highest BCUT2D eigenvalue weighted by molar-refractivity contribution is 6.00. The van der Waals surface area contributed by atoms with Gasteiger partial charge in [-0.3, -0.25) is 9.79 Å². The van der Waals surface area contributed by atoms with Crippen molar-refractivity contribution in [3.8, 4) is 17.2 Å². The molecule has 0 aromatic heterocycles. The fourth-order valence-electron chi connectivity index (χ4n) is 4.99. The van der Waals surface area contributed by atoms with Crippen LogP contribution in [0.5, 0.6) is 17.2 Å². The quantitative estimate of drug-likeness (QED) is 0.0148. The Balaban J connectivity index is 1.26. The number of benzene rings is 4. The van der Waals surface area contributed by atoms with Gasteiger partial charge in [-0.25, -0.2) is 19.2 Å². The average molecular weight is 762 g/mol. The zero-order valence-electron chi connectivity index (χ0n) is 31.1. The minimum absolute atomic E-state index is 0.0336. The number of ether oxygens (including phenoxy) is 6. The van der Waals surface area contributed by atoms with E-state index in [1.54, 1.807) is 97.2 Å². The van der Waals surface area contributed by atoms with Crippen LogP contribution >= 0.6 is 0 Å². The van der Waals surface area contributed by atoms with Gasteiger partial charge in [0.2, 0.25) is 0 Å². The molecule has 0 bridgehead atoms. The molecule has 290 valence electrons. The number of hydrogen-bond acceptors (Lipinski definition) is 12. The van der Waals surface area contributed by atoms with Crippen LogP contribution < -0.4 is 14.2 Å². The molecular weight excluding hydrogens is 718 g/mol. The van der Waals surface area contributed by atoms with Gasteiger partial charge in [0.1, 0.15) is 17.2 Å². The van der Waals surface area contributed by atoms with Gasteiger partial charge >= 0.3 is 23.9 Å². The topological polar surface area (TPSA) is 153 Å². The van der Waals surface area contributed by atoms with Crippen molar-refractivity contribution < 1.29 is 52.4 Å². The van der Waals surface area contributed by atoms with Gasteiger partial charge in [-0.15, -0.1) is 0 Å². The minimum atomic E-state index is -0.595. The molecule has 0 fully saturated rings. The normalized spacial score (nSPS) is 10.6. The summed E-state index contributed by atoms with van der Waals surface area (Å²) in [5.74, 6) is -0.692. The van der Waals surface area contributed by atoms with Crippen molar-refractivity contribution in [2.45, 2.75) is 32.1 Å². The van der Waals surface area contributed by atoms with Crippen LogP contribution in [0.15, 0.2) is 121 Å². The van der Waals surface area contributed by atoms with Crippen LogP contribution in [0.4, 0.5) is 5.69 Å². The van der Waals surface area contributed by atoms with Crippen molar-refractivity contribution in [3.63, 3.8) is 0 Å². The number of aliphatic imine (C=N–C) groups is 1. The predicted molar refractivity (Wildman–Crippen MR) is 209 cm³/mol. The third-order valence-corrected chi connectivity index (χ3v) is 8.01. The van der Waals surface area contributed by atoms with Gasteiger partial charge in [0.05, 0.1) is 50.4 Å². The summed E-state index contributed by atoms with van der Waals surface area (Å²) in [6.45, 7) is 8.14. The standard InChI is InChI=1S/C44H43NO11/c1-4-41(47)54-26-8-6-24-52-36-20-13-32(14-21-36)40(46)28-34-12-17-35(29-39(34)44(50)51-3)45-30-31-10-18-38(19-11-31)56-43(49)33-15-22-37(23-16-33)53-25-7-9-27-55-42(48)5-2/h4-5,10-23,29-30H,1-2,6-9,24-28H2,3H3. The third kappa shape index (κ3) is 13.9. The van der Waals surface area contributed by atoms with Crippen LogP contribution in [0.2, 0.25) is 0 Å². The maximum absolute atomic E-state index is 13.1. The maximum Gasteiger partial charge on any atom is 0.343 e. The number of carbonyl (C=O) groups is 5. The monoisotopic (exact) mass is 761 g/mol. The van der Waals surface area contributed by atoms with E-state index in [1.807, 2.05) is 0 Å². The number of rotatable bonds is 22. The first-order valence-corrected chi connectivity index (χ1v) is 17.8. The van der Waals surface area contributed by atoms with Crippen LogP contribution in [-0.2, 0) is 30.2 Å². The Bertz CT molecular complexity index is 2000. The summed E-state index contributed by atoms with van der Waals surface area (Å²) in [6.07, 6.45) is 6.48. The lowest BCUT2D eigenvalue weighted by molar-refractivity contribution is -0.138. The summed E-state index contributed by atoms with van der Waals surface area (Å²) in [4.78, 5) is 65.2. The molecular formula is C44H43NO11. The lowest BCUT2D eigenvalue weighted by atomic mass is 9.98. The Kier molecular flexibility index (Phi) is 16.8. The number of esters is 4. The molecule has 4 rings (SSSR count). The second-order valence-electron chi connectivity index (χ2n) is 12.1. The summed E-state index contributed by atoms with van der Waals surface area (Å²) in [7, 11) is 1.27. The number of methoxy groups -OCH3 is 1. The largest absolute Gasteiger partial charge is 0.494 e. The first-order valence-electron chi connectivity index (χ1n) is 17.8. The molecule has 0 aliphatic rings. The molecule has 0 heterocycles. The van der Waals surface area contributed by atoms with Crippen molar-refractivity contribution in [2.24, 2.45) is 4.99 Å². The van der Waals surface area contributed by atoms with E-state index in [0.29, 0.717) is 90.7 Å². The number of carbonyl (C=O) groups excluding carboxylic acids is 5. The Labute approximate surface area is 325 Å². The number of ketones is 1. The number of hydrogen-bond donors (Lipinski definition) is 0. The predicted octanol–water partition coefficient (Wildman–Crippen LogP) is 7.64. The molecule has 12 nitrogen and oxygen atoms in total. The molecule has 0 N–H and O–H groups in total. The highest BCUT2D eigenvalue weighted by Gasteiger charge is 2.17. The Hall–Kier alpha value is -6.82.